The number of rotatable bonds is 6. The summed E-state index contributed by atoms with van der Waals surface area (Å²) in [4.78, 5) is 38.4. The number of hydroxylamine groups is 2. The first-order chi connectivity index (χ1) is 7.92. The fraction of sp³-hybridized carbons (Fsp3) is 0.700. The van der Waals surface area contributed by atoms with Gasteiger partial charge in [0, 0.05) is 7.05 Å². The Morgan fingerprint density at radius 3 is 2.35 bits per heavy atom. The zero-order valence-corrected chi connectivity index (χ0v) is 10.4. The maximum atomic E-state index is 11.4. The van der Waals surface area contributed by atoms with Crippen molar-refractivity contribution in [1.29, 1.82) is 0 Å². The van der Waals surface area contributed by atoms with Crippen molar-refractivity contribution in [3.05, 3.63) is 0 Å². The first-order valence-corrected chi connectivity index (χ1v) is 5.09. The lowest BCUT2D eigenvalue weighted by molar-refractivity contribution is -0.204. The molecule has 0 rings (SSSR count). The molecule has 0 aromatic rings. The summed E-state index contributed by atoms with van der Waals surface area (Å²) < 4.78 is 9.02. The minimum Gasteiger partial charge on any atom is -0.467 e. The zero-order chi connectivity index (χ0) is 13.4. The average Bonchev–Trinajstić information content (AvgIpc) is 2.27. The smallest absolute Gasteiger partial charge is 0.337 e. The molecule has 0 aliphatic carbocycles. The van der Waals surface area contributed by atoms with E-state index in [9.17, 15) is 14.4 Å². The standard InChI is InChI=1S/C10H17NO6/c1-5-16-9(13)6-8(12)11(3)17-7(2)10(14)15-4/h7H,5-6H2,1-4H3. The van der Waals surface area contributed by atoms with Gasteiger partial charge in [0.05, 0.1) is 13.7 Å². The van der Waals surface area contributed by atoms with Crippen LogP contribution in [0.5, 0.6) is 0 Å². The van der Waals surface area contributed by atoms with Crippen LogP contribution in [-0.4, -0.2) is 49.8 Å². The molecule has 7 heteroatoms. The Labute approximate surface area is 99.6 Å². The highest BCUT2D eigenvalue weighted by molar-refractivity contribution is 5.93. The predicted molar refractivity (Wildman–Crippen MR) is 56.6 cm³/mol. The van der Waals surface area contributed by atoms with E-state index in [0.29, 0.717) is 0 Å². The molecule has 0 radical (unpaired) electrons. The van der Waals surface area contributed by atoms with Gasteiger partial charge < -0.3 is 9.47 Å². The molecule has 1 amide bonds. The van der Waals surface area contributed by atoms with Gasteiger partial charge in [-0.2, -0.15) is 0 Å². The molecular weight excluding hydrogens is 230 g/mol. The van der Waals surface area contributed by atoms with Crippen molar-refractivity contribution in [2.45, 2.75) is 26.4 Å². The Morgan fingerprint density at radius 1 is 1.29 bits per heavy atom. The summed E-state index contributed by atoms with van der Waals surface area (Å²) in [6.07, 6.45) is -1.35. The van der Waals surface area contributed by atoms with E-state index in [4.69, 9.17) is 4.84 Å². The number of amides is 1. The van der Waals surface area contributed by atoms with Gasteiger partial charge in [0.2, 0.25) is 0 Å². The van der Waals surface area contributed by atoms with Crippen LogP contribution >= 0.6 is 0 Å². The molecule has 0 spiro atoms. The average molecular weight is 247 g/mol. The molecule has 0 saturated heterocycles. The molecule has 0 aliphatic rings. The van der Waals surface area contributed by atoms with Crippen LogP contribution in [0.3, 0.4) is 0 Å². The maximum absolute atomic E-state index is 11.4. The van der Waals surface area contributed by atoms with Crippen molar-refractivity contribution in [1.82, 2.24) is 5.06 Å². The first kappa shape index (κ1) is 15.4. The summed E-state index contributed by atoms with van der Waals surface area (Å²) >= 11 is 0. The van der Waals surface area contributed by atoms with E-state index in [0.717, 1.165) is 5.06 Å². The Balaban J connectivity index is 4.13. The second-order valence-corrected chi connectivity index (χ2v) is 3.14. The highest BCUT2D eigenvalue weighted by Crippen LogP contribution is 2.00. The highest BCUT2D eigenvalue weighted by atomic mass is 16.7. The van der Waals surface area contributed by atoms with E-state index in [-0.39, 0.29) is 6.61 Å². The molecule has 1 atom stereocenters. The molecule has 0 heterocycles. The second kappa shape index (κ2) is 7.61. The van der Waals surface area contributed by atoms with Gasteiger partial charge in [-0.15, -0.1) is 0 Å². The molecule has 0 aromatic heterocycles. The number of carbonyl (C=O) groups is 3. The Bertz CT molecular complexity index is 291. The Morgan fingerprint density at radius 2 is 1.88 bits per heavy atom. The monoisotopic (exact) mass is 247 g/mol. The Hall–Kier alpha value is -1.63. The van der Waals surface area contributed by atoms with Gasteiger partial charge in [-0.3, -0.25) is 14.4 Å². The third-order valence-electron chi connectivity index (χ3n) is 1.80. The summed E-state index contributed by atoms with van der Waals surface area (Å²) in [5, 5.41) is 0.818. The van der Waals surface area contributed by atoms with Crippen molar-refractivity contribution >= 4 is 17.8 Å². The third kappa shape index (κ3) is 5.86. The molecule has 0 fully saturated rings. The topological polar surface area (TPSA) is 82.1 Å². The van der Waals surface area contributed by atoms with Crippen LogP contribution in [0, 0.1) is 0 Å². The van der Waals surface area contributed by atoms with Gasteiger partial charge in [-0.05, 0) is 13.8 Å². The van der Waals surface area contributed by atoms with E-state index in [1.54, 1.807) is 6.92 Å². The predicted octanol–water partition coefficient (Wildman–Crippen LogP) is -0.109. The molecule has 17 heavy (non-hydrogen) atoms. The maximum Gasteiger partial charge on any atom is 0.337 e. The van der Waals surface area contributed by atoms with Crippen LogP contribution in [0.1, 0.15) is 20.3 Å². The molecule has 0 saturated carbocycles. The fourth-order valence-electron chi connectivity index (χ4n) is 0.952. The minimum atomic E-state index is -0.920. The summed E-state index contributed by atoms with van der Waals surface area (Å²) in [6.45, 7) is 3.27. The van der Waals surface area contributed by atoms with E-state index in [2.05, 4.69) is 9.47 Å². The summed E-state index contributed by atoms with van der Waals surface area (Å²) in [5.41, 5.74) is 0. The molecular formula is C10H17NO6. The minimum absolute atomic E-state index is 0.204. The second-order valence-electron chi connectivity index (χ2n) is 3.14. The first-order valence-electron chi connectivity index (χ1n) is 5.09. The van der Waals surface area contributed by atoms with Crippen LogP contribution in [-0.2, 0) is 28.7 Å². The van der Waals surface area contributed by atoms with Crippen LogP contribution < -0.4 is 0 Å². The third-order valence-corrected chi connectivity index (χ3v) is 1.80. The van der Waals surface area contributed by atoms with Crippen molar-refractivity contribution in [3.8, 4) is 0 Å². The highest BCUT2D eigenvalue weighted by Gasteiger charge is 2.21. The number of hydrogen-bond acceptors (Lipinski definition) is 6. The summed E-state index contributed by atoms with van der Waals surface area (Å²) in [5.74, 6) is -1.85. The molecule has 1 unspecified atom stereocenters. The number of methoxy groups -OCH3 is 1. The van der Waals surface area contributed by atoms with Crippen LogP contribution in [0.15, 0.2) is 0 Å². The number of esters is 2. The van der Waals surface area contributed by atoms with Gasteiger partial charge in [-0.1, -0.05) is 0 Å². The summed E-state index contributed by atoms with van der Waals surface area (Å²) in [7, 11) is 2.52. The zero-order valence-electron chi connectivity index (χ0n) is 10.4. The van der Waals surface area contributed by atoms with Gasteiger partial charge in [-0.25, -0.2) is 9.86 Å². The quantitative estimate of drug-likeness (QED) is 0.370. The number of carbonyl (C=O) groups excluding carboxylic acids is 3. The summed E-state index contributed by atoms with van der Waals surface area (Å²) in [6, 6.07) is 0. The van der Waals surface area contributed by atoms with Gasteiger partial charge in [0.15, 0.2) is 6.10 Å². The normalized spacial score (nSPS) is 11.5. The van der Waals surface area contributed by atoms with Crippen LogP contribution in [0.4, 0.5) is 0 Å². The number of hydrogen-bond donors (Lipinski definition) is 0. The SMILES string of the molecule is CCOC(=O)CC(=O)N(C)OC(C)C(=O)OC. The van der Waals surface area contributed by atoms with Crippen molar-refractivity contribution < 1.29 is 28.7 Å². The molecule has 0 aliphatic heterocycles. The molecule has 0 N–H and O–H groups in total. The lowest BCUT2D eigenvalue weighted by Crippen LogP contribution is -2.36. The number of ether oxygens (including phenoxy) is 2. The fourth-order valence-corrected chi connectivity index (χ4v) is 0.952. The lowest BCUT2D eigenvalue weighted by Gasteiger charge is -2.19. The molecule has 98 valence electrons. The number of nitrogens with zero attached hydrogens (tertiary/aromatic N) is 1. The van der Waals surface area contributed by atoms with Crippen molar-refractivity contribution in [3.63, 3.8) is 0 Å². The Kier molecular flexibility index (Phi) is 6.88. The van der Waals surface area contributed by atoms with E-state index in [1.165, 1.54) is 21.1 Å². The van der Waals surface area contributed by atoms with E-state index >= 15 is 0 Å². The largest absolute Gasteiger partial charge is 0.467 e. The van der Waals surface area contributed by atoms with Crippen molar-refractivity contribution in [2.24, 2.45) is 0 Å². The van der Waals surface area contributed by atoms with Gasteiger partial charge >= 0.3 is 11.9 Å². The molecule has 7 nitrogen and oxygen atoms in total. The lowest BCUT2D eigenvalue weighted by atomic mass is 10.4. The van der Waals surface area contributed by atoms with Gasteiger partial charge in [0.25, 0.3) is 5.91 Å². The van der Waals surface area contributed by atoms with Gasteiger partial charge in [0.1, 0.15) is 6.42 Å². The van der Waals surface area contributed by atoms with Crippen LogP contribution in [0.25, 0.3) is 0 Å². The van der Waals surface area contributed by atoms with Crippen molar-refractivity contribution in [2.75, 3.05) is 20.8 Å². The molecule has 0 aromatic carbocycles. The van der Waals surface area contributed by atoms with E-state index < -0.39 is 30.4 Å². The van der Waals surface area contributed by atoms with Crippen LogP contribution in [0.2, 0.25) is 0 Å². The van der Waals surface area contributed by atoms with E-state index in [1.807, 2.05) is 0 Å². The molecule has 0 bridgehead atoms.